The summed E-state index contributed by atoms with van der Waals surface area (Å²) in [6.45, 7) is 5.48. The molecule has 0 radical (unpaired) electrons. The second-order valence-corrected chi connectivity index (χ2v) is 6.50. The van der Waals surface area contributed by atoms with Crippen LogP contribution in [0.3, 0.4) is 0 Å². The van der Waals surface area contributed by atoms with Crippen molar-refractivity contribution in [3.8, 4) is 0 Å². The average Bonchev–Trinajstić information content (AvgIpc) is 3.30. The smallest absolute Gasteiger partial charge is 0.254 e. The maximum atomic E-state index is 12.1. The topological polar surface area (TPSA) is 101 Å². The number of nitrogens with one attached hydrogen (secondary N) is 1. The molecule has 3 rings (SSSR count). The number of fused-ring (bicyclic) bond motifs is 1. The fourth-order valence-corrected chi connectivity index (χ4v) is 2.98. The van der Waals surface area contributed by atoms with E-state index in [0.717, 1.165) is 29.5 Å². The molecule has 0 unspecified atom stereocenters. The van der Waals surface area contributed by atoms with Gasteiger partial charge < -0.3 is 16.0 Å². The van der Waals surface area contributed by atoms with Crippen molar-refractivity contribution in [2.75, 3.05) is 25.9 Å². The van der Waals surface area contributed by atoms with Gasteiger partial charge in [-0.25, -0.2) is 4.98 Å². The van der Waals surface area contributed by atoms with Gasteiger partial charge in [0.2, 0.25) is 11.9 Å². The van der Waals surface area contributed by atoms with Crippen LogP contribution in [0.1, 0.15) is 36.2 Å². The first-order valence-electron chi connectivity index (χ1n) is 8.41. The van der Waals surface area contributed by atoms with E-state index in [2.05, 4.69) is 32.3 Å². The van der Waals surface area contributed by atoms with Crippen LogP contribution >= 0.6 is 0 Å². The van der Waals surface area contributed by atoms with E-state index in [1.165, 1.54) is 12.8 Å². The van der Waals surface area contributed by atoms with E-state index in [9.17, 15) is 4.79 Å². The number of hydrogen-bond acceptors (Lipinski definition) is 6. The molecule has 1 fully saturated rings. The third kappa shape index (κ3) is 3.64. The molecule has 0 saturated heterocycles. The van der Waals surface area contributed by atoms with Crippen molar-refractivity contribution >= 4 is 17.6 Å². The number of nitrogens with zero attached hydrogens (tertiary/aromatic N) is 5. The predicted octanol–water partition coefficient (Wildman–Crippen LogP) is 0.466. The molecule has 2 aromatic heterocycles. The van der Waals surface area contributed by atoms with Crippen LogP contribution < -0.4 is 11.1 Å². The minimum absolute atomic E-state index is 0.0659. The van der Waals surface area contributed by atoms with Crippen molar-refractivity contribution in [3.05, 3.63) is 17.0 Å². The van der Waals surface area contributed by atoms with Crippen molar-refractivity contribution in [1.29, 1.82) is 0 Å². The SMILES string of the molecule is Cc1nc2nc(N)nn2c(C)c1CCC(=O)NCCN(C)C1CC1. The van der Waals surface area contributed by atoms with Crippen LogP contribution in [0.15, 0.2) is 0 Å². The highest BCUT2D eigenvalue weighted by Crippen LogP contribution is 2.24. The molecule has 3 N–H and O–H groups in total. The number of aromatic nitrogens is 4. The average molecular weight is 331 g/mol. The summed E-state index contributed by atoms with van der Waals surface area (Å²) < 4.78 is 1.64. The summed E-state index contributed by atoms with van der Waals surface area (Å²) >= 11 is 0. The van der Waals surface area contributed by atoms with Crippen LogP contribution in [0, 0.1) is 13.8 Å². The molecule has 8 heteroatoms. The normalized spacial score (nSPS) is 14.5. The molecule has 0 bridgehead atoms. The Balaban J connectivity index is 1.55. The quantitative estimate of drug-likeness (QED) is 0.764. The molecule has 0 spiro atoms. The first-order valence-corrected chi connectivity index (χ1v) is 8.41. The van der Waals surface area contributed by atoms with E-state index in [-0.39, 0.29) is 11.9 Å². The van der Waals surface area contributed by atoms with Crippen molar-refractivity contribution in [3.63, 3.8) is 0 Å². The number of amides is 1. The lowest BCUT2D eigenvalue weighted by molar-refractivity contribution is -0.121. The second-order valence-electron chi connectivity index (χ2n) is 6.50. The number of anilines is 1. The van der Waals surface area contributed by atoms with Gasteiger partial charge in [0.15, 0.2) is 0 Å². The summed E-state index contributed by atoms with van der Waals surface area (Å²) in [6, 6.07) is 0.722. The van der Waals surface area contributed by atoms with Gasteiger partial charge in [0, 0.05) is 36.9 Å². The zero-order chi connectivity index (χ0) is 17.3. The summed E-state index contributed by atoms with van der Waals surface area (Å²) in [5.41, 5.74) is 8.46. The number of carbonyl (C=O) groups is 1. The Morgan fingerprint density at radius 2 is 2.12 bits per heavy atom. The van der Waals surface area contributed by atoms with Gasteiger partial charge in [-0.15, -0.1) is 5.10 Å². The summed E-state index contributed by atoms with van der Waals surface area (Å²) in [7, 11) is 2.11. The van der Waals surface area contributed by atoms with Gasteiger partial charge in [-0.1, -0.05) is 0 Å². The largest absolute Gasteiger partial charge is 0.366 e. The van der Waals surface area contributed by atoms with Crippen LogP contribution in [0.2, 0.25) is 0 Å². The van der Waals surface area contributed by atoms with E-state index >= 15 is 0 Å². The summed E-state index contributed by atoms with van der Waals surface area (Å²) in [5, 5.41) is 7.14. The number of carbonyl (C=O) groups excluding carboxylic acids is 1. The lowest BCUT2D eigenvalue weighted by Crippen LogP contribution is -2.34. The van der Waals surface area contributed by atoms with Crippen molar-refractivity contribution in [2.45, 2.75) is 45.6 Å². The Labute approximate surface area is 141 Å². The van der Waals surface area contributed by atoms with Gasteiger partial charge in [0.1, 0.15) is 0 Å². The Morgan fingerprint density at radius 1 is 1.38 bits per heavy atom. The lowest BCUT2D eigenvalue weighted by atomic mass is 10.1. The molecule has 0 aromatic carbocycles. The van der Waals surface area contributed by atoms with Crippen molar-refractivity contribution < 1.29 is 4.79 Å². The Hall–Kier alpha value is -2.22. The van der Waals surface area contributed by atoms with Crippen LogP contribution in [-0.2, 0) is 11.2 Å². The second kappa shape index (κ2) is 6.72. The first-order chi connectivity index (χ1) is 11.5. The van der Waals surface area contributed by atoms with Crippen molar-refractivity contribution in [2.24, 2.45) is 0 Å². The van der Waals surface area contributed by atoms with Crippen LogP contribution in [0.5, 0.6) is 0 Å². The molecule has 1 amide bonds. The first kappa shape index (κ1) is 16.6. The maximum Gasteiger partial charge on any atom is 0.254 e. The molecule has 2 heterocycles. The number of likely N-dealkylation sites (N-methyl/N-ethyl adjacent to an activating group) is 1. The monoisotopic (exact) mass is 331 g/mol. The van der Waals surface area contributed by atoms with Gasteiger partial charge in [-0.2, -0.15) is 9.50 Å². The predicted molar refractivity (Wildman–Crippen MR) is 91.7 cm³/mol. The molecule has 1 saturated carbocycles. The number of nitrogen functional groups attached to an aromatic ring is 1. The van der Waals surface area contributed by atoms with E-state index in [1.807, 2.05) is 13.8 Å². The molecule has 1 aliphatic rings. The lowest BCUT2D eigenvalue weighted by Gasteiger charge is -2.16. The van der Waals surface area contributed by atoms with Gasteiger partial charge in [0.05, 0.1) is 0 Å². The number of aryl methyl sites for hydroxylation is 2. The van der Waals surface area contributed by atoms with Gasteiger partial charge in [-0.3, -0.25) is 4.79 Å². The zero-order valence-electron chi connectivity index (χ0n) is 14.5. The minimum atomic E-state index is 0.0659. The maximum absolute atomic E-state index is 12.1. The number of hydrogen-bond donors (Lipinski definition) is 2. The van der Waals surface area contributed by atoms with E-state index < -0.39 is 0 Å². The molecular weight excluding hydrogens is 306 g/mol. The molecular formula is C16H25N7O. The molecule has 130 valence electrons. The molecule has 1 aliphatic carbocycles. The fourth-order valence-electron chi connectivity index (χ4n) is 2.98. The van der Waals surface area contributed by atoms with Gasteiger partial charge >= 0.3 is 0 Å². The Bertz CT molecular complexity index is 750. The van der Waals surface area contributed by atoms with Crippen LogP contribution in [0.25, 0.3) is 5.78 Å². The summed E-state index contributed by atoms with van der Waals surface area (Å²) in [5.74, 6) is 0.773. The van der Waals surface area contributed by atoms with Crippen LogP contribution in [-0.4, -0.2) is 56.6 Å². The standard InChI is InChI=1S/C16H25N7O/c1-10-13(11(2)23-16(19-10)20-15(17)21-23)6-7-14(24)18-8-9-22(3)12-4-5-12/h12H,4-9H2,1-3H3,(H2,17,21)(H,18,24). The number of rotatable bonds is 7. The molecule has 8 nitrogen and oxygen atoms in total. The summed E-state index contributed by atoms with van der Waals surface area (Å²) in [6.07, 6.45) is 3.63. The van der Waals surface area contributed by atoms with Gasteiger partial charge in [0.25, 0.3) is 5.78 Å². The van der Waals surface area contributed by atoms with E-state index in [1.54, 1.807) is 4.52 Å². The zero-order valence-corrected chi connectivity index (χ0v) is 14.5. The molecule has 0 atom stereocenters. The third-order valence-corrected chi connectivity index (χ3v) is 4.62. The fraction of sp³-hybridized carbons (Fsp3) is 0.625. The molecule has 2 aromatic rings. The highest BCUT2D eigenvalue weighted by Gasteiger charge is 2.25. The Morgan fingerprint density at radius 3 is 2.83 bits per heavy atom. The summed E-state index contributed by atoms with van der Waals surface area (Å²) in [4.78, 5) is 22.9. The van der Waals surface area contributed by atoms with E-state index in [0.29, 0.717) is 25.2 Å². The Kier molecular flexibility index (Phi) is 4.66. The highest BCUT2D eigenvalue weighted by atomic mass is 16.1. The number of nitrogens with two attached hydrogens (primary N) is 1. The molecule has 0 aliphatic heterocycles. The minimum Gasteiger partial charge on any atom is -0.366 e. The van der Waals surface area contributed by atoms with Gasteiger partial charge in [-0.05, 0) is 45.7 Å². The van der Waals surface area contributed by atoms with Crippen LogP contribution in [0.4, 0.5) is 5.95 Å². The molecule has 24 heavy (non-hydrogen) atoms. The third-order valence-electron chi connectivity index (χ3n) is 4.62. The van der Waals surface area contributed by atoms with Crippen molar-refractivity contribution in [1.82, 2.24) is 29.8 Å². The highest BCUT2D eigenvalue weighted by molar-refractivity contribution is 5.76. The van der Waals surface area contributed by atoms with E-state index in [4.69, 9.17) is 5.73 Å².